The minimum absolute atomic E-state index is 0.0399. The molecule has 3 aliphatic rings. The molecule has 1 saturated heterocycles. The Morgan fingerprint density at radius 1 is 0.963 bits per heavy atom. The summed E-state index contributed by atoms with van der Waals surface area (Å²) in [4.78, 5) is 8.51. The van der Waals surface area contributed by atoms with E-state index in [-0.39, 0.29) is 34.0 Å². The first-order chi connectivity index (χ1) is 12.4. The number of alkyl halides is 1. The van der Waals surface area contributed by atoms with Gasteiger partial charge in [-0.15, -0.1) is 11.6 Å². The molecule has 5 heteroatoms. The molecule has 1 N–H and O–H groups in total. The molecule has 154 valence electrons. The lowest BCUT2D eigenvalue weighted by molar-refractivity contribution is -0.163. The fraction of sp³-hybridized carbons (Fsp3) is 0.909. The van der Waals surface area contributed by atoms with Gasteiger partial charge in [-0.25, -0.2) is 0 Å². The van der Waals surface area contributed by atoms with E-state index in [1.807, 2.05) is 20.8 Å². The van der Waals surface area contributed by atoms with Gasteiger partial charge in [0.05, 0.1) is 33.8 Å². The van der Waals surface area contributed by atoms with Crippen molar-refractivity contribution in [3.63, 3.8) is 0 Å². The Bertz CT molecular complexity index is 606. The molecule has 3 fully saturated rings. The van der Waals surface area contributed by atoms with E-state index in [2.05, 4.69) is 37.3 Å². The third-order valence-electron chi connectivity index (χ3n) is 8.24. The van der Waals surface area contributed by atoms with Gasteiger partial charge in [-0.05, 0) is 104 Å². The van der Waals surface area contributed by atoms with E-state index in [9.17, 15) is 5.11 Å². The van der Waals surface area contributed by atoms with E-state index < -0.39 is 11.6 Å². The molecule has 8 unspecified atom stereocenters. The van der Waals surface area contributed by atoms with Gasteiger partial charge in [-0.3, -0.25) is 9.98 Å². The van der Waals surface area contributed by atoms with Crippen LogP contribution in [0, 0.1) is 17.8 Å². The molecule has 0 spiro atoms. The van der Waals surface area contributed by atoms with Gasteiger partial charge in [0, 0.05) is 0 Å². The summed E-state index contributed by atoms with van der Waals surface area (Å²) in [5, 5.41) is 11.4. The van der Waals surface area contributed by atoms with Crippen LogP contribution < -0.4 is 0 Å². The Labute approximate surface area is 169 Å². The number of nitrogens with zero attached hydrogens (tertiary/aromatic N) is 2. The van der Waals surface area contributed by atoms with Crippen molar-refractivity contribution < 1.29 is 9.84 Å². The molecular formula is C22H37ClN2O2. The smallest absolute Gasteiger partial charge is 0.0833 e. The number of aliphatic hydroxyl groups excluding tert-OH is 1. The van der Waals surface area contributed by atoms with Gasteiger partial charge in [0.2, 0.25) is 0 Å². The summed E-state index contributed by atoms with van der Waals surface area (Å²) in [5.41, 5.74) is -0.966. The predicted octanol–water partition coefficient (Wildman–Crippen LogP) is 4.66. The monoisotopic (exact) mass is 396 g/mol. The molecule has 0 aromatic rings. The summed E-state index contributed by atoms with van der Waals surface area (Å²) >= 11 is 6.59. The lowest BCUT2D eigenvalue weighted by atomic mass is 9.51. The maximum Gasteiger partial charge on any atom is 0.0833 e. The Morgan fingerprint density at radius 3 is 2.04 bits per heavy atom. The van der Waals surface area contributed by atoms with Gasteiger partial charge in [0.15, 0.2) is 0 Å². The highest BCUT2D eigenvalue weighted by Crippen LogP contribution is 2.58. The summed E-state index contributed by atoms with van der Waals surface area (Å²) in [6.45, 7) is 18.2. The predicted molar refractivity (Wildman–Crippen MR) is 113 cm³/mol. The zero-order chi connectivity index (χ0) is 20.3. The normalized spacial score (nSPS) is 50.9. The highest BCUT2D eigenvalue weighted by Gasteiger charge is 2.61. The number of ether oxygens (including phenoxy) is 1. The van der Waals surface area contributed by atoms with Crippen LogP contribution in [-0.2, 0) is 4.74 Å². The van der Waals surface area contributed by atoms with Crippen LogP contribution in [0.25, 0.3) is 0 Å². The zero-order valence-corrected chi connectivity index (χ0v) is 18.4. The van der Waals surface area contributed by atoms with Crippen LogP contribution >= 0.6 is 11.6 Å². The summed E-state index contributed by atoms with van der Waals surface area (Å²) in [7, 11) is 0. The fourth-order valence-electron chi connectivity index (χ4n) is 6.17. The average molecular weight is 397 g/mol. The minimum Gasteiger partial charge on any atom is -0.390 e. The minimum atomic E-state index is -0.538. The topological polar surface area (TPSA) is 54.2 Å². The summed E-state index contributed by atoms with van der Waals surface area (Å²) in [6, 6.07) is 0. The number of rotatable bonds is 4. The van der Waals surface area contributed by atoms with Gasteiger partial charge >= 0.3 is 0 Å². The van der Waals surface area contributed by atoms with Crippen molar-refractivity contribution in [2.45, 2.75) is 107 Å². The molecule has 0 amide bonds. The molecule has 1 heterocycles. The maximum atomic E-state index is 11.4. The molecule has 2 aliphatic carbocycles. The number of aliphatic imine (C=N–C) groups is 2. The van der Waals surface area contributed by atoms with Gasteiger partial charge in [-0.2, -0.15) is 0 Å². The highest BCUT2D eigenvalue weighted by molar-refractivity contribution is 6.23. The lowest BCUT2D eigenvalue weighted by Crippen LogP contribution is -2.62. The number of hydrogen-bond donors (Lipinski definition) is 1. The lowest BCUT2D eigenvalue weighted by Gasteiger charge is -2.58. The van der Waals surface area contributed by atoms with Crippen LogP contribution in [0.4, 0.5) is 0 Å². The molecule has 2 saturated carbocycles. The second kappa shape index (κ2) is 6.81. The quantitative estimate of drug-likeness (QED) is 0.555. The maximum absolute atomic E-state index is 11.4. The molecule has 3 rings (SSSR count). The Balaban J connectivity index is 1.96. The SMILES string of the molecule is C=NC1(C)CCC2C(C1O)C(C1(C)CCC(C(C)(C)Cl)O1)CCC2(C)N=C. The van der Waals surface area contributed by atoms with Crippen molar-refractivity contribution in [1.82, 2.24) is 0 Å². The van der Waals surface area contributed by atoms with Gasteiger partial charge in [0.1, 0.15) is 0 Å². The van der Waals surface area contributed by atoms with Crippen LogP contribution in [-0.4, -0.2) is 52.3 Å². The van der Waals surface area contributed by atoms with Gasteiger partial charge in [0.25, 0.3) is 0 Å². The molecule has 0 aromatic carbocycles. The molecule has 0 aromatic heterocycles. The molecule has 4 nitrogen and oxygen atoms in total. The van der Waals surface area contributed by atoms with Crippen LogP contribution in [0.15, 0.2) is 9.98 Å². The van der Waals surface area contributed by atoms with E-state index in [1.54, 1.807) is 0 Å². The first kappa shape index (κ1) is 21.3. The van der Waals surface area contributed by atoms with E-state index in [0.717, 1.165) is 38.5 Å². The van der Waals surface area contributed by atoms with Crippen molar-refractivity contribution in [3.8, 4) is 0 Å². The van der Waals surface area contributed by atoms with E-state index in [4.69, 9.17) is 16.3 Å². The Morgan fingerprint density at radius 2 is 1.52 bits per heavy atom. The van der Waals surface area contributed by atoms with Crippen molar-refractivity contribution >= 4 is 25.0 Å². The van der Waals surface area contributed by atoms with Gasteiger partial charge < -0.3 is 9.84 Å². The molecule has 27 heavy (non-hydrogen) atoms. The van der Waals surface area contributed by atoms with Crippen molar-refractivity contribution in [2.75, 3.05) is 0 Å². The first-order valence-corrected chi connectivity index (χ1v) is 10.8. The zero-order valence-electron chi connectivity index (χ0n) is 17.7. The Kier molecular flexibility index (Phi) is 5.36. The highest BCUT2D eigenvalue weighted by atomic mass is 35.5. The summed E-state index contributed by atoms with van der Waals surface area (Å²) < 4.78 is 6.62. The number of hydrogen-bond acceptors (Lipinski definition) is 4. The second-order valence-corrected chi connectivity index (χ2v) is 11.3. The fourth-order valence-corrected chi connectivity index (χ4v) is 6.33. The first-order valence-electron chi connectivity index (χ1n) is 10.4. The molecule has 0 bridgehead atoms. The van der Waals surface area contributed by atoms with E-state index in [0.29, 0.717) is 5.92 Å². The Hall–Kier alpha value is -0.450. The number of fused-ring (bicyclic) bond motifs is 1. The van der Waals surface area contributed by atoms with Crippen LogP contribution in [0.5, 0.6) is 0 Å². The van der Waals surface area contributed by atoms with Gasteiger partial charge in [-0.1, -0.05) is 0 Å². The van der Waals surface area contributed by atoms with Crippen molar-refractivity contribution in [3.05, 3.63) is 0 Å². The molecular weight excluding hydrogens is 360 g/mol. The van der Waals surface area contributed by atoms with Crippen LogP contribution in [0.1, 0.15) is 73.1 Å². The molecule has 0 radical (unpaired) electrons. The number of aliphatic hydroxyl groups is 1. The second-order valence-electron chi connectivity index (χ2n) is 10.4. The third-order valence-corrected chi connectivity index (χ3v) is 8.48. The van der Waals surface area contributed by atoms with E-state index >= 15 is 0 Å². The van der Waals surface area contributed by atoms with E-state index in [1.165, 1.54) is 0 Å². The largest absolute Gasteiger partial charge is 0.390 e. The van der Waals surface area contributed by atoms with Crippen molar-refractivity contribution in [2.24, 2.45) is 27.7 Å². The van der Waals surface area contributed by atoms with Crippen molar-refractivity contribution in [1.29, 1.82) is 0 Å². The summed E-state index contributed by atoms with van der Waals surface area (Å²) in [6.07, 6.45) is 5.24. The average Bonchev–Trinajstić information content (AvgIpc) is 3.02. The standard InChI is InChI=1S/C22H37ClN2O2/c1-19(2,23)16-10-13-22(5,27-16)15-9-11-20(3,24-6)14-8-12-21(4,25-7)18(26)17(14)15/h14-18,26H,6-13H2,1-5H3. The molecule has 1 aliphatic heterocycles. The van der Waals surface area contributed by atoms with Crippen LogP contribution in [0.2, 0.25) is 0 Å². The number of halogens is 1. The third kappa shape index (κ3) is 3.40. The summed E-state index contributed by atoms with van der Waals surface area (Å²) in [5.74, 6) is 0.639. The van der Waals surface area contributed by atoms with Crippen LogP contribution in [0.3, 0.4) is 0 Å². The molecule has 8 atom stereocenters.